The van der Waals surface area contributed by atoms with Crippen LogP contribution in [0.2, 0.25) is 0 Å². The van der Waals surface area contributed by atoms with Crippen molar-refractivity contribution in [1.29, 1.82) is 0 Å². The summed E-state index contributed by atoms with van der Waals surface area (Å²) in [4.78, 5) is 34.3. The number of nitrogens with two attached hydrogens (primary N) is 1. The number of nitrogens with one attached hydrogen (secondary N) is 1. The van der Waals surface area contributed by atoms with Crippen molar-refractivity contribution < 1.29 is 23.9 Å². The van der Waals surface area contributed by atoms with Gasteiger partial charge in [-0.15, -0.1) is 0 Å². The summed E-state index contributed by atoms with van der Waals surface area (Å²) in [6.07, 6.45) is 0.650. The van der Waals surface area contributed by atoms with Crippen LogP contribution in [0.25, 0.3) is 0 Å². The van der Waals surface area contributed by atoms with Crippen LogP contribution in [0.15, 0.2) is 54.6 Å². The lowest BCUT2D eigenvalue weighted by molar-refractivity contribution is -0.147. The van der Waals surface area contributed by atoms with Crippen LogP contribution in [0, 0.1) is 0 Å². The molecular formula is C19H20N2O5. The zero-order valence-corrected chi connectivity index (χ0v) is 14.1. The van der Waals surface area contributed by atoms with Gasteiger partial charge < -0.3 is 20.5 Å². The predicted octanol–water partition coefficient (Wildman–Crippen LogP) is 2.13. The lowest BCUT2D eigenvalue weighted by atomic mass is 10.2. The fraction of sp³-hybridized carbons (Fsp3) is 0.211. The minimum Gasteiger partial charge on any atom is -0.494 e. The molecule has 26 heavy (non-hydrogen) atoms. The Balaban J connectivity index is 1.62. The van der Waals surface area contributed by atoms with E-state index in [9.17, 15) is 14.4 Å². The number of benzene rings is 2. The molecule has 2 aromatic rings. The molecule has 0 bridgehead atoms. The number of carbonyl (C=O) groups is 3. The average molecular weight is 356 g/mol. The first-order chi connectivity index (χ1) is 12.5. The van der Waals surface area contributed by atoms with Gasteiger partial charge in [0, 0.05) is 17.7 Å². The van der Waals surface area contributed by atoms with Crippen molar-refractivity contribution in [3.05, 3.63) is 60.2 Å². The number of ether oxygens (including phenoxy) is 2. The summed E-state index contributed by atoms with van der Waals surface area (Å²) < 4.78 is 10.4. The Labute approximate surface area is 151 Å². The van der Waals surface area contributed by atoms with E-state index >= 15 is 0 Å². The van der Waals surface area contributed by atoms with E-state index in [-0.39, 0.29) is 13.0 Å². The molecule has 3 N–H and O–H groups in total. The number of hydrogen-bond donors (Lipinski definition) is 2. The maximum absolute atomic E-state index is 11.7. The van der Waals surface area contributed by atoms with Gasteiger partial charge in [0.25, 0.3) is 5.91 Å². The van der Waals surface area contributed by atoms with E-state index in [1.165, 1.54) is 12.1 Å². The standard InChI is InChI=1S/C19H20N2O5/c20-19(24)14-8-10-15(11-9-14)21-17(22)13-26-18(23)7-4-12-25-16-5-2-1-3-6-16/h1-3,5-6,8-11H,4,7,12-13H2,(H2,20,24)(H,21,22). The molecule has 7 heteroatoms. The molecule has 0 aliphatic carbocycles. The second-order valence-electron chi connectivity index (χ2n) is 5.42. The number of rotatable bonds is 9. The average Bonchev–Trinajstić information content (AvgIpc) is 2.65. The number of para-hydroxylation sites is 1. The van der Waals surface area contributed by atoms with Crippen molar-refractivity contribution >= 4 is 23.5 Å². The Bertz CT molecular complexity index is 744. The van der Waals surface area contributed by atoms with Crippen molar-refractivity contribution in [2.24, 2.45) is 5.73 Å². The van der Waals surface area contributed by atoms with Gasteiger partial charge in [-0.25, -0.2) is 0 Å². The first kappa shape index (κ1) is 19.0. The minimum atomic E-state index is -0.548. The molecule has 0 aliphatic heterocycles. The molecule has 0 spiro atoms. The van der Waals surface area contributed by atoms with Gasteiger partial charge in [0.1, 0.15) is 5.75 Å². The molecule has 0 saturated carbocycles. The molecule has 0 saturated heterocycles. The lowest BCUT2D eigenvalue weighted by Gasteiger charge is -2.08. The number of esters is 1. The monoisotopic (exact) mass is 356 g/mol. The highest BCUT2D eigenvalue weighted by Gasteiger charge is 2.08. The Morgan fingerprint density at radius 2 is 1.65 bits per heavy atom. The first-order valence-electron chi connectivity index (χ1n) is 8.08. The van der Waals surface area contributed by atoms with Gasteiger partial charge in [-0.1, -0.05) is 18.2 Å². The number of anilines is 1. The van der Waals surface area contributed by atoms with Gasteiger partial charge in [-0.05, 0) is 42.8 Å². The van der Waals surface area contributed by atoms with E-state index in [4.69, 9.17) is 15.2 Å². The fourth-order valence-electron chi connectivity index (χ4n) is 2.06. The lowest BCUT2D eigenvalue weighted by Crippen LogP contribution is -2.21. The van der Waals surface area contributed by atoms with Crippen LogP contribution in [0.5, 0.6) is 5.75 Å². The Morgan fingerprint density at radius 1 is 0.962 bits per heavy atom. The molecule has 0 aliphatic rings. The van der Waals surface area contributed by atoms with Gasteiger partial charge in [-0.2, -0.15) is 0 Å². The molecule has 7 nitrogen and oxygen atoms in total. The summed E-state index contributed by atoms with van der Waals surface area (Å²) in [6.45, 7) is 0.00741. The summed E-state index contributed by atoms with van der Waals surface area (Å²) in [5.41, 5.74) is 5.96. The van der Waals surface area contributed by atoms with Crippen molar-refractivity contribution in [3.63, 3.8) is 0 Å². The van der Waals surface area contributed by atoms with Crippen LogP contribution in [0.3, 0.4) is 0 Å². The second-order valence-corrected chi connectivity index (χ2v) is 5.42. The quantitative estimate of drug-likeness (QED) is 0.528. The first-order valence-corrected chi connectivity index (χ1v) is 8.08. The highest BCUT2D eigenvalue weighted by atomic mass is 16.5. The molecule has 0 aromatic heterocycles. The third-order valence-corrected chi connectivity index (χ3v) is 3.35. The molecule has 0 heterocycles. The molecule has 2 aromatic carbocycles. The smallest absolute Gasteiger partial charge is 0.306 e. The second kappa shape index (κ2) is 9.83. The van der Waals surface area contributed by atoms with Crippen molar-refractivity contribution in [2.45, 2.75) is 12.8 Å². The number of amides is 2. The highest BCUT2D eigenvalue weighted by Crippen LogP contribution is 2.10. The number of primary amides is 1. The zero-order valence-electron chi connectivity index (χ0n) is 14.1. The summed E-state index contributed by atoms with van der Waals surface area (Å²) in [5, 5.41) is 2.56. The summed E-state index contributed by atoms with van der Waals surface area (Å²) in [6, 6.07) is 15.4. The maximum Gasteiger partial charge on any atom is 0.306 e. The molecule has 2 rings (SSSR count). The van der Waals surface area contributed by atoms with E-state index < -0.39 is 17.8 Å². The molecule has 0 unspecified atom stereocenters. The SMILES string of the molecule is NC(=O)c1ccc(NC(=O)COC(=O)CCCOc2ccccc2)cc1. The van der Waals surface area contributed by atoms with E-state index in [1.807, 2.05) is 30.3 Å². The zero-order chi connectivity index (χ0) is 18.8. The fourth-order valence-corrected chi connectivity index (χ4v) is 2.06. The Kier molecular flexibility index (Phi) is 7.17. The van der Waals surface area contributed by atoms with Crippen molar-refractivity contribution in [1.82, 2.24) is 0 Å². The van der Waals surface area contributed by atoms with Crippen LogP contribution in [-0.2, 0) is 14.3 Å². The third kappa shape index (κ3) is 6.64. The normalized spacial score (nSPS) is 10.0. The van der Waals surface area contributed by atoms with Crippen LogP contribution >= 0.6 is 0 Å². The van der Waals surface area contributed by atoms with Crippen LogP contribution in [-0.4, -0.2) is 31.0 Å². The van der Waals surface area contributed by atoms with Crippen LogP contribution in [0.1, 0.15) is 23.2 Å². The number of carbonyl (C=O) groups excluding carboxylic acids is 3. The molecule has 0 fully saturated rings. The summed E-state index contributed by atoms with van der Waals surface area (Å²) in [5.74, 6) is -0.748. The van der Waals surface area contributed by atoms with E-state index in [0.717, 1.165) is 5.75 Å². The third-order valence-electron chi connectivity index (χ3n) is 3.35. The molecule has 0 atom stereocenters. The van der Waals surface area contributed by atoms with E-state index in [1.54, 1.807) is 12.1 Å². The van der Waals surface area contributed by atoms with Gasteiger partial charge >= 0.3 is 5.97 Å². The highest BCUT2D eigenvalue weighted by molar-refractivity contribution is 5.95. The molecular weight excluding hydrogens is 336 g/mol. The van der Waals surface area contributed by atoms with Gasteiger partial charge in [0.15, 0.2) is 6.61 Å². The van der Waals surface area contributed by atoms with Gasteiger partial charge in [0.05, 0.1) is 6.61 Å². The summed E-state index contributed by atoms with van der Waals surface area (Å²) in [7, 11) is 0. The topological polar surface area (TPSA) is 108 Å². The Hall–Kier alpha value is -3.35. The van der Waals surface area contributed by atoms with E-state index in [0.29, 0.717) is 24.3 Å². The largest absolute Gasteiger partial charge is 0.494 e. The van der Waals surface area contributed by atoms with E-state index in [2.05, 4.69) is 5.32 Å². The molecule has 0 radical (unpaired) electrons. The van der Waals surface area contributed by atoms with Gasteiger partial charge in [-0.3, -0.25) is 14.4 Å². The molecule has 136 valence electrons. The predicted molar refractivity (Wildman–Crippen MR) is 95.7 cm³/mol. The maximum atomic E-state index is 11.7. The van der Waals surface area contributed by atoms with Crippen LogP contribution < -0.4 is 15.8 Å². The van der Waals surface area contributed by atoms with Gasteiger partial charge in [0.2, 0.25) is 5.91 Å². The summed E-state index contributed by atoms with van der Waals surface area (Å²) >= 11 is 0. The molecule has 2 amide bonds. The minimum absolute atomic E-state index is 0.160. The van der Waals surface area contributed by atoms with Crippen molar-refractivity contribution in [2.75, 3.05) is 18.5 Å². The van der Waals surface area contributed by atoms with Crippen molar-refractivity contribution in [3.8, 4) is 5.75 Å². The number of hydrogen-bond acceptors (Lipinski definition) is 5. The van der Waals surface area contributed by atoms with Crippen LogP contribution in [0.4, 0.5) is 5.69 Å². The Morgan fingerprint density at radius 3 is 2.31 bits per heavy atom.